The summed E-state index contributed by atoms with van der Waals surface area (Å²) in [6.45, 7) is 3.55. The van der Waals surface area contributed by atoms with Crippen LogP contribution in [0.4, 0.5) is 0 Å². The Labute approximate surface area is 112 Å². The summed E-state index contributed by atoms with van der Waals surface area (Å²) in [6.07, 6.45) is 1.53. The van der Waals surface area contributed by atoms with Crippen LogP contribution in [0.5, 0.6) is 11.5 Å². The van der Waals surface area contributed by atoms with Crippen molar-refractivity contribution in [3.05, 3.63) is 35.9 Å². The van der Waals surface area contributed by atoms with Gasteiger partial charge in [-0.3, -0.25) is 0 Å². The zero-order valence-corrected chi connectivity index (χ0v) is 11.2. The molecule has 0 unspecified atom stereocenters. The quantitative estimate of drug-likeness (QED) is 0.850. The lowest BCUT2D eigenvalue weighted by molar-refractivity contribution is 0.282. The van der Waals surface area contributed by atoms with E-state index in [0.717, 1.165) is 23.7 Å². The van der Waals surface area contributed by atoms with E-state index in [-0.39, 0.29) is 0 Å². The van der Waals surface area contributed by atoms with Gasteiger partial charge in [-0.15, -0.1) is 0 Å². The van der Waals surface area contributed by atoms with Crippen LogP contribution in [0.15, 0.2) is 24.5 Å². The van der Waals surface area contributed by atoms with E-state index in [4.69, 9.17) is 15.2 Å². The lowest BCUT2D eigenvalue weighted by Gasteiger charge is -2.12. The Kier molecular flexibility index (Phi) is 4.35. The van der Waals surface area contributed by atoms with Gasteiger partial charge in [-0.25, -0.2) is 9.67 Å². The third kappa shape index (κ3) is 3.03. The minimum atomic E-state index is 0.355. The lowest BCUT2D eigenvalue weighted by Crippen LogP contribution is -2.09. The fraction of sp³-hybridized carbons (Fsp3) is 0.385. The number of hydrogen-bond donors (Lipinski definition) is 1. The average Bonchev–Trinajstić information content (AvgIpc) is 2.92. The first-order valence-corrected chi connectivity index (χ1v) is 6.15. The number of hydrogen-bond acceptors (Lipinski definition) is 5. The van der Waals surface area contributed by atoms with Gasteiger partial charge in [-0.05, 0) is 13.0 Å². The van der Waals surface area contributed by atoms with Crippen molar-refractivity contribution in [1.29, 1.82) is 0 Å². The molecule has 2 N–H and O–H groups in total. The molecular weight excluding hydrogens is 244 g/mol. The number of ether oxygens (including phenoxy) is 2. The fourth-order valence-electron chi connectivity index (χ4n) is 1.77. The Balaban J connectivity index is 2.14. The van der Waals surface area contributed by atoms with Crippen molar-refractivity contribution >= 4 is 0 Å². The van der Waals surface area contributed by atoms with Gasteiger partial charge in [0.2, 0.25) is 0 Å². The summed E-state index contributed by atoms with van der Waals surface area (Å²) in [5.41, 5.74) is 6.63. The number of nitrogens with zero attached hydrogens (tertiary/aromatic N) is 3. The van der Waals surface area contributed by atoms with Gasteiger partial charge in [-0.2, -0.15) is 5.10 Å². The third-order valence-corrected chi connectivity index (χ3v) is 2.85. The topological polar surface area (TPSA) is 75.2 Å². The van der Waals surface area contributed by atoms with Gasteiger partial charge in [-0.1, -0.05) is 6.07 Å². The first-order chi connectivity index (χ1) is 9.28. The van der Waals surface area contributed by atoms with Gasteiger partial charge in [0.15, 0.2) is 5.82 Å². The van der Waals surface area contributed by atoms with Gasteiger partial charge < -0.3 is 15.2 Å². The van der Waals surface area contributed by atoms with Crippen LogP contribution in [0.2, 0.25) is 0 Å². The minimum absolute atomic E-state index is 0.355. The highest BCUT2D eigenvalue weighted by Gasteiger charge is 2.08. The Bertz CT molecular complexity index is 539. The first kappa shape index (κ1) is 13.4. The number of methoxy groups -OCH3 is 1. The molecule has 0 aliphatic heterocycles. The number of rotatable bonds is 6. The number of nitrogens with two attached hydrogens (primary N) is 1. The van der Waals surface area contributed by atoms with Crippen LogP contribution in [0.25, 0.3) is 0 Å². The maximum atomic E-state index is 5.77. The van der Waals surface area contributed by atoms with E-state index in [1.165, 1.54) is 6.33 Å². The van der Waals surface area contributed by atoms with Gasteiger partial charge >= 0.3 is 0 Å². The molecule has 0 amide bonds. The summed E-state index contributed by atoms with van der Waals surface area (Å²) in [6, 6.07) is 5.59. The van der Waals surface area contributed by atoms with Crippen LogP contribution in [-0.2, 0) is 19.7 Å². The van der Waals surface area contributed by atoms with Crippen molar-refractivity contribution in [2.75, 3.05) is 7.11 Å². The van der Waals surface area contributed by atoms with Crippen LogP contribution >= 0.6 is 0 Å². The second kappa shape index (κ2) is 6.19. The predicted octanol–water partition coefficient (Wildman–Crippen LogP) is 1.34. The Hall–Kier alpha value is -2.08. The molecule has 2 aromatic rings. The molecule has 1 heterocycles. The van der Waals surface area contributed by atoms with E-state index in [0.29, 0.717) is 18.9 Å². The van der Waals surface area contributed by atoms with Gasteiger partial charge in [0.1, 0.15) is 24.4 Å². The molecule has 0 aliphatic carbocycles. The van der Waals surface area contributed by atoms with Crippen molar-refractivity contribution in [2.24, 2.45) is 5.73 Å². The summed E-state index contributed by atoms with van der Waals surface area (Å²) in [4.78, 5) is 4.16. The van der Waals surface area contributed by atoms with E-state index in [1.54, 1.807) is 11.8 Å². The normalized spacial score (nSPS) is 10.5. The van der Waals surface area contributed by atoms with Crippen molar-refractivity contribution < 1.29 is 9.47 Å². The van der Waals surface area contributed by atoms with Gasteiger partial charge in [0.05, 0.1) is 7.11 Å². The number of aromatic nitrogens is 3. The standard InChI is InChI=1S/C13H18N4O2/c1-3-17-13(15-9-16-17)8-19-12-6-11(18-2)5-4-10(12)7-14/h4-6,9H,3,7-8,14H2,1-2H3. The highest BCUT2D eigenvalue weighted by molar-refractivity contribution is 5.40. The average molecular weight is 262 g/mol. The Morgan fingerprint density at radius 2 is 2.21 bits per heavy atom. The van der Waals surface area contributed by atoms with Crippen molar-refractivity contribution in [3.63, 3.8) is 0 Å². The van der Waals surface area contributed by atoms with Gasteiger partial charge in [0.25, 0.3) is 0 Å². The molecule has 0 radical (unpaired) electrons. The first-order valence-electron chi connectivity index (χ1n) is 6.15. The minimum Gasteiger partial charge on any atom is -0.497 e. The van der Waals surface area contributed by atoms with Crippen molar-refractivity contribution in [1.82, 2.24) is 14.8 Å². The summed E-state index contributed by atoms with van der Waals surface area (Å²) < 4.78 is 12.8. The molecular formula is C13H18N4O2. The van der Waals surface area contributed by atoms with Crippen molar-refractivity contribution in [2.45, 2.75) is 26.6 Å². The maximum Gasteiger partial charge on any atom is 0.164 e. The van der Waals surface area contributed by atoms with Crippen LogP contribution in [0.3, 0.4) is 0 Å². The van der Waals surface area contributed by atoms with Crippen LogP contribution in [0, 0.1) is 0 Å². The summed E-state index contributed by atoms with van der Waals surface area (Å²) >= 11 is 0. The van der Waals surface area contributed by atoms with E-state index in [9.17, 15) is 0 Å². The molecule has 19 heavy (non-hydrogen) atoms. The number of aryl methyl sites for hydroxylation is 1. The number of benzene rings is 1. The molecule has 0 saturated heterocycles. The fourth-order valence-corrected chi connectivity index (χ4v) is 1.77. The maximum absolute atomic E-state index is 5.77. The van der Waals surface area contributed by atoms with E-state index >= 15 is 0 Å². The van der Waals surface area contributed by atoms with E-state index in [1.807, 2.05) is 25.1 Å². The predicted molar refractivity (Wildman–Crippen MR) is 70.9 cm³/mol. The molecule has 0 atom stereocenters. The molecule has 0 saturated carbocycles. The molecule has 1 aromatic heterocycles. The highest BCUT2D eigenvalue weighted by atomic mass is 16.5. The van der Waals surface area contributed by atoms with Crippen molar-refractivity contribution in [3.8, 4) is 11.5 Å². The smallest absolute Gasteiger partial charge is 0.164 e. The molecule has 0 spiro atoms. The molecule has 1 aromatic carbocycles. The Morgan fingerprint density at radius 1 is 1.37 bits per heavy atom. The van der Waals surface area contributed by atoms with Crippen LogP contribution in [0.1, 0.15) is 18.3 Å². The molecule has 0 fully saturated rings. The van der Waals surface area contributed by atoms with E-state index in [2.05, 4.69) is 10.1 Å². The molecule has 6 nitrogen and oxygen atoms in total. The summed E-state index contributed by atoms with van der Waals surface area (Å²) in [5, 5.41) is 4.10. The zero-order chi connectivity index (χ0) is 13.7. The van der Waals surface area contributed by atoms with E-state index < -0.39 is 0 Å². The monoisotopic (exact) mass is 262 g/mol. The second-order valence-electron chi connectivity index (χ2n) is 3.96. The van der Waals surface area contributed by atoms with Gasteiger partial charge in [0, 0.05) is 24.7 Å². The lowest BCUT2D eigenvalue weighted by atomic mass is 10.2. The Morgan fingerprint density at radius 3 is 2.89 bits per heavy atom. The molecule has 102 valence electrons. The third-order valence-electron chi connectivity index (χ3n) is 2.85. The van der Waals surface area contributed by atoms with Crippen LogP contribution < -0.4 is 15.2 Å². The molecule has 0 aliphatic rings. The molecule has 0 bridgehead atoms. The summed E-state index contributed by atoms with van der Waals surface area (Å²) in [7, 11) is 1.62. The summed E-state index contributed by atoms with van der Waals surface area (Å²) in [5.74, 6) is 2.24. The SMILES string of the molecule is CCn1ncnc1COc1cc(OC)ccc1CN. The largest absolute Gasteiger partial charge is 0.497 e. The van der Waals surface area contributed by atoms with Crippen LogP contribution in [-0.4, -0.2) is 21.9 Å². The molecule has 6 heteroatoms. The second-order valence-corrected chi connectivity index (χ2v) is 3.96. The molecule has 2 rings (SSSR count). The highest BCUT2D eigenvalue weighted by Crippen LogP contribution is 2.25. The zero-order valence-electron chi connectivity index (χ0n) is 11.2.